The lowest BCUT2D eigenvalue weighted by atomic mass is 10.1. The first-order valence-electron chi connectivity index (χ1n) is 11.8. The number of carbonyl (C=O) groups is 1. The summed E-state index contributed by atoms with van der Waals surface area (Å²) < 4.78 is 13.9. The third-order valence-electron chi connectivity index (χ3n) is 5.66. The molecule has 34 heavy (non-hydrogen) atoms. The Bertz CT molecular complexity index is 1080. The van der Waals surface area contributed by atoms with E-state index < -0.39 is 0 Å². The molecular formula is C27H34N4O3. The van der Waals surface area contributed by atoms with Gasteiger partial charge in [0.25, 0.3) is 0 Å². The smallest absolute Gasteiger partial charge is 0.318 e. The first kappa shape index (κ1) is 23.8. The molecule has 2 heterocycles. The van der Waals surface area contributed by atoms with Crippen LogP contribution in [0, 0.1) is 0 Å². The fourth-order valence-corrected chi connectivity index (χ4v) is 4.09. The topological polar surface area (TPSA) is 68.6 Å². The van der Waals surface area contributed by atoms with E-state index in [2.05, 4.69) is 5.32 Å². The zero-order valence-electron chi connectivity index (χ0n) is 20.5. The van der Waals surface area contributed by atoms with E-state index in [4.69, 9.17) is 14.6 Å². The normalized spacial score (nSPS) is 15.8. The molecule has 1 atom stereocenters. The average Bonchev–Trinajstić information content (AvgIpc) is 3.42. The van der Waals surface area contributed by atoms with Gasteiger partial charge in [0.2, 0.25) is 5.88 Å². The van der Waals surface area contributed by atoms with Gasteiger partial charge in [0.15, 0.2) is 0 Å². The molecule has 2 amide bonds. The standard InChI is InChI=1S/C27H34N4O3/c1-27(2,3)28-26(32)31(18-22-16-11-17-33-22)19-23-24(20-12-7-5-8-13-20)29-30(4)25(23)34-21-14-9-6-10-15-21/h5-10,12-15,22H,11,16-19H2,1-4H3,(H,28,32)/t22-/m0/s1. The van der Waals surface area contributed by atoms with E-state index in [0.717, 1.165) is 42.0 Å². The molecule has 180 valence electrons. The largest absolute Gasteiger partial charge is 0.439 e. The predicted molar refractivity (Wildman–Crippen MR) is 133 cm³/mol. The van der Waals surface area contributed by atoms with Gasteiger partial charge in [0.1, 0.15) is 11.4 Å². The molecule has 0 bridgehead atoms. The molecule has 1 saturated heterocycles. The minimum atomic E-state index is -0.355. The second-order valence-electron chi connectivity index (χ2n) is 9.73. The summed E-state index contributed by atoms with van der Waals surface area (Å²) in [6.45, 7) is 7.55. The maximum atomic E-state index is 13.4. The van der Waals surface area contributed by atoms with Crippen molar-refractivity contribution in [2.45, 2.75) is 51.8 Å². The Morgan fingerprint density at radius 2 is 1.82 bits per heavy atom. The molecule has 4 rings (SSSR count). The van der Waals surface area contributed by atoms with Crippen molar-refractivity contribution in [3.63, 3.8) is 0 Å². The number of nitrogens with one attached hydrogen (secondary N) is 1. The molecule has 1 aliphatic heterocycles. The van der Waals surface area contributed by atoms with Crippen LogP contribution in [-0.4, -0.2) is 45.5 Å². The van der Waals surface area contributed by atoms with Crippen LogP contribution in [0.5, 0.6) is 11.6 Å². The van der Waals surface area contributed by atoms with Crippen molar-refractivity contribution >= 4 is 6.03 Å². The molecule has 0 aliphatic carbocycles. The summed E-state index contributed by atoms with van der Waals surface area (Å²) in [5.74, 6) is 1.34. The van der Waals surface area contributed by atoms with Gasteiger partial charge in [0.05, 0.1) is 18.2 Å². The predicted octanol–water partition coefficient (Wildman–Crippen LogP) is 5.37. The number of urea groups is 1. The Hall–Kier alpha value is -3.32. The van der Waals surface area contributed by atoms with Crippen LogP contribution >= 0.6 is 0 Å². The van der Waals surface area contributed by atoms with E-state index in [0.29, 0.717) is 19.0 Å². The Balaban J connectivity index is 1.72. The molecule has 0 unspecified atom stereocenters. The number of carbonyl (C=O) groups excluding carboxylic acids is 1. The quantitative estimate of drug-likeness (QED) is 0.513. The molecule has 7 heteroatoms. The molecule has 0 saturated carbocycles. The average molecular weight is 463 g/mol. The number of nitrogens with zero attached hydrogens (tertiary/aromatic N) is 3. The summed E-state index contributed by atoms with van der Waals surface area (Å²) in [7, 11) is 1.87. The summed E-state index contributed by atoms with van der Waals surface area (Å²) in [4.78, 5) is 15.2. The lowest BCUT2D eigenvalue weighted by Crippen LogP contribution is -2.50. The first-order chi connectivity index (χ1) is 16.3. The van der Waals surface area contributed by atoms with Crippen LogP contribution in [-0.2, 0) is 18.3 Å². The summed E-state index contributed by atoms with van der Waals surface area (Å²) in [6.07, 6.45) is 2.00. The third kappa shape index (κ3) is 5.97. The zero-order valence-corrected chi connectivity index (χ0v) is 20.5. The number of ether oxygens (including phenoxy) is 2. The second-order valence-corrected chi connectivity index (χ2v) is 9.73. The maximum Gasteiger partial charge on any atom is 0.318 e. The Morgan fingerprint density at radius 3 is 2.44 bits per heavy atom. The Labute approximate surface area is 201 Å². The summed E-state index contributed by atoms with van der Waals surface area (Å²) >= 11 is 0. The second kappa shape index (κ2) is 10.3. The summed E-state index contributed by atoms with van der Waals surface area (Å²) in [5, 5.41) is 7.91. The van der Waals surface area contributed by atoms with Gasteiger partial charge in [0, 0.05) is 31.3 Å². The molecule has 3 aromatic rings. The van der Waals surface area contributed by atoms with Crippen molar-refractivity contribution in [3.05, 3.63) is 66.2 Å². The van der Waals surface area contributed by atoms with Crippen LogP contribution in [0.2, 0.25) is 0 Å². The number of amides is 2. The van der Waals surface area contributed by atoms with Crippen LogP contribution in [0.1, 0.15) is 39.2 Å². The van der Waals surface area contributed by atoms with E-state index in [-0.39, 0.29) is 17.7 Å². The minimum absolute atomic E-state index is 0.0288. The number of para-hydroxylation sites is 1. The molecule has 2 aromatic carbocycles. The van der Waals surface area contributed by atoms with Gasteiger partial charge in [-0.15, -0.1) is 0 Å². The van der Waals surface area contributed by atoms with Gasteiger partial charge in [-0.2, -0.15) is 5.10 Å². The van der Waals surface area contributed by atoms with E-state index >= 15 is 0 Å². The third-order valence-corrected chi connectivity index (χ3v) is 5.66. The van der Waals surface area contributed by atoms with Crippen LogP contribution in [0.3, 0.4) is 0 Å². The highest BCUT2D eigenvalue weighted by Gasteiger charge is 2.29. The SMILES string of the molecule is Cn1nc(-c2ccccc2)c(CN(C[C@@H]2CCCO2)C(=O)NC(C)(C)C)c1Oc1ccccc1. The number of benzene rings is 2. The number of hydrogen-bond acceptors (Lipinski definition) is 4. The molecule has 1 aromatic heterocycles. The highest BCUT2D eigenvalue weighted by Crippen LogP contribution is 2.34. The summed E-state index contributed by atoms with van der Waals surface area (Å²) in [5.41, 5.74) is 2.28. The van der Waals surface area contributed by atoms with Crippen molar-refractivity contribution in [2.24, 2.45) is 7.05 Å². The highest BCUT2D eigenvalue weighted by molar-refractivity contribution is 5.76. The molecule has 1 aliphatic rings. The van der Waals surface area contributed by atoms with E-state index in [1.54, 1.807) is 4.68 Å². The fraction of sp³-hybridized carbons (Fsp3) is 0.407. The van der Waals surface area contributed by atoms with Gasteiger partial charge in [-0.05, 0) is 45.7 Å². The Morgan fingerprint density at radius 1 is 1.15 bits per heavy atom. The number of hydrogen-bond donors (Lipinski definition) is 1. The van der Waals surface area contributed by atoms with Crippen molar-refractivity contribution in [1.82, 2.24) is 20.0 Å². The van der Waals surface area contributed by atoms with Gasteiger partial charge in [-0.25, -0.2) is 9.48 Å². The van der Waals surface area contributed by atoms with E-state index in [1.807, 2.05) is 93.4 Å². The van der Waals surface area contributed by atoms with Crippen LogP contribution < -0.4 is 10.1 Å². The monoisotopic (exact) mass is 462 g/mol. The van der Waals surface area contributed by atoms with Crippen molar-refractivity contribution < 1.29 is 14.3 Å². The summed E-state index contributed by atoms with van der Waals surface area (Å²) in [6, 6.07) is 19.5. The molecule has 0 radical (unpaired) electrons. The highest BCUT2D eigenvalue weighted by atomic mass is 16.5. The van der Waals surface area contributed by atoms with Gasteiger partial charge in [-0.1, -0.05) is 48.5 Å². The molecule has 1 N–H and O–H groups in total. The van der Waals surface area contributed by atoms with Crippen molar-refractivity contribution in [1.29, 1.82) is 0 Å². The fourth-order valence-electron chi connectivity index (χ4n) is 4.09. The van der Waals surface area contributed by atoms with Crippen LogP contribution in [0.25, 0.3) is 11.3 Å². The van der Waals surface area contributed by atoms with Gasteiger partial charge >= 0.3 is 6.03 Å². The van der Waals surface area contributed by atoms with Crippen molar-refractivity contribution in [3.8, 4) is 22.9 Å². The number of aromatic nitrogens is 2. The minimum Gasteiger partial charge on any atom is -0.439 e. The maximum absolute atomic E-state index is 13.4. The lowest BCUT2D eigenvalue weighted by molar-refractivity contribution is 0.0780. The lowest BCUT2D eigenvalue weighted by Gasteiger charge is -2.30. The van der Waals surface area contributed by atoms with Crippen molar-refractivity contribution in [2.75, 3.05) is 13.2 Å². The number of rotatable bonds is 7. The number of aryl methyl sites for hydroxylation is 1. The van der Waals surface area contributed by atoms with E-state index in [9.17, 15) is 4.79 Å². The van der Waals surface area contributed by atoms with Gasteiger partial charge in [-0.3, -0.25) is 0 Å². The molecule has 7 nitrogen and oxygen atoms in total. The zero-order chi connectivity index (χ0) is 24.1. The van der Waals surface area contributed by atoms with Crippen LogP contribution in [0.15, 0.2) is 60.7 Å². The van der Waals surface area contributed by atoms with E-state index in [1.165, 1.54) is 0 Å². The molecular weight excluding hydrogens is 428 g/mol. The van der Waals surface area contributed by atoms with Crippen LogP contribution in [0.4, 0.5) is 4.79 Å². The molecule has 1 fully saturated rings. The Kier molecular flexibility index (Phi) is 7.22. The first-order valence-corrected chi connectivity index (χ1v) is 11.8. The molecule has 0 spiro atoms. The van der Waals surface area contributed by atoms with Gasteiger partial charge < -0.3 is 19.7 Å².